The number of benzene rings is 2. The smallest absolute Gasteiger partial charge is 0.129 e. The molecule has 1 heterocycles. The van der Waals surface area contributed by atoms with E-state index in [9.17, 15) is 0 Å². The fourth-order valence-electron chi connectivity index (χ4n) is 2.57. The SMILES string of the molecule is COc1ccccc1CN1Cc2cc(Cl)c(Cl)cc2C1=N. The number of fused-ring (bicyclic) bond motifs is 1. The van der Waals surface area contributed by atoms with Crippen LogP contribution in [0, 0.1) is 5.41 Å². The molecule has 0 bridgehead atoms. The molecule has 1 aliphatic rings. The van der Waals surface area contributed by atoms with Crippen molar-refractivity contribution in [3.63, 3.8) is 0 Å². The summed E-state index contributed by atoms with van der Waals surface area (Å²) in [6, 6.07) is 11.5. The predicted molar refractivity (Wildman–Crippen MR) is 85.5 cm³/mol. The Bertz CT molecular complexity index is 715. The Hall–Kier alpha value is -1.71. The molecule has 0 atom stereocenters. The highest BCUT2D eigenvalue weighted by Crippen LogP contribution is 2.32. The topological polar surface area (TPSA) is 36.3 Å². The van der Waals surface area contributed by atoms with Gasteiger partial charge in [0.2, 0.25) is 0 Å². The third-order valence-electron chi connectivity index (χ3n) is 3.63. The van der Waals surface area contributed by atoms with Crippen molar-refractivity contribution < 1.29 is 4.74 Å². The standard InChI is InChI=1S/C16H14Cl2N2O/c1-21-15-5-3-2-4-10(15)8-20-9-11-6-13(17)14(18)7-12(11)16(20)19/h2-7,19H,8-9H2,1H3. The summed E-state index contributed by atoms with van der Waals surface area (Å²) in [5, 5.41) is 9.33. The van der Waals surface area contributed by atoms with Gasteiger partial charge in [-0.15, -0.1) is 0 Å². The Morgan fingerprint density at radius 2 is 1.90 bits per heavy atom. The van der Waals surface area contributed by atoms with Crippen molar-refractivity contribution in [1.29, 1.82) is 5.41 Å². The molecule has 0 radical (unpaired) electrons. The van der Waals surface area contributed by atoms with Crippen LogP contribution >= 0.6 is 23.2 Å². The number of hydrogen-bond donors (Lipinski definition) is 1. The number of halogens is 2. The van der Waals surface area contributed by atoms with Gasteiger partial charge in [-0.1, -0.05) is 41.4 Å². The van der Waals surface area contributed by atoms with Crippen molar-refractivity contribution in [2.45, 2.75) is 13.1 Å². The van der Waals surface area contributed by atoms with E-state index in [0.717, 1.165) is 22.4 Å². The Labute approximate surface area is 133 Å². The minimum atomic E-state index is 0.467. The zero-order valence-corrected chi connectivity index (χ0v) is 13.0. The van der Waals surface area contributed by atoms with Gasteiger partial charge in [-0.25, -0.2) is 0 Å². The van der Waals surface area contributed by atoms with Crippen LogP contribution in [0.4, 0.5) is 0 Å². The second kappa shape index (κ2) is 5.58. The van der Waals surface area contributed by atoms with Gasteiger partial charge in [0.05, 0.1) is 17.2 Å². The lowest BCUT2D eigenvalue weighted by Crippen LogP contribution is -2.23. The van der Waals surface area contributed by atoms with Crippen molar-refractivity contribution in [2.24, 2.45) is 0 Å². The molecule has 0 amide bonds. The van der Waals surface area contributed by atoms with Crippen LogP contribution in [0.25, 0.3) is 0 Å². The van der Waals surface area contributed by atoms with E-state index >= 15 is 0 Å². The highest BCUT2D eigenvalue weighted by molar-refractivity contribution is 6.42. The summed E-state index contributed by atoms with van der Waals surface area (Å²) in [7, 11) is 1.66. The molecule has 0 fully saturated rings. The lowest BCUT2D eigenvalue weighted by Gasteiger charge is -2.19. The van der Waals surface area contributed by atoms with Crippen LogP contribution in [0.5, 0.6) is 5.75 Å². The normalized spacial score (nSPS) is 13.5. The maximum atomic E-state index is 8.32. The van der Waals surface area contributed by atoms with Gasteiger partial charge in [-0.05, 0) is 23.8 Å². The van der Waals surface area contributed by atoms with Crippen LogP contribution in [0.3, 0.4) is 0 Å². The zero-order chi connectivity index (χ0) is 15.0. The minimum absolute atomic E-state index is 0.467. The number of methoxy groups -OCH3 is 1. The first-order valence-electron chi connectivity index (χ1n) is 6.54. The second-order valence-corrected chi connectivity index (χ2v) is 5.75. The molecule has 0 unspecified atom stereocenters. The quantitative estimate of drug-likeness (QED) is 0.913. The third-order valence-corrected chi connectivity index (χ3v) is 4.35. The highest BCUT2D eigenvalue weighted by atomic mass is 35.5. The van der Waals surface area contributed by atoms with E-state index in [2.05, 4.69) is 0 Å². The largest absolute Gasteiger partial charge is 0.496 e. The minimum Gasteiger partial charge on any atom is -0.496 e. The number of nitrogens with one attached hydrogen (secondary N) is 1. The number of ether oxygens (including phenoxy) is 1. The molecular weight excluding hydrogens is 307 g/mol. The van der Waals surface area contributed by atoms with Crippen LogP contribution in [0.1, 0.15) is 16.7 Å². The van der Waals surface area contributed by atoms with Gasteiger partial charge in [0.15, 0.2) is 0 Å². The average Bonchev–Trinajstić information content (AvgIpc) is 2.77. The number of para-hydroxylation sites is 1. The lowest BCUT2D eigenvalue weighted by atomic mass is 10.1. The lowest BCUT2D eigenvalue weighted by molar-refractivity contribution is 0.382. The van der Waals surface area contributed by atoms with Crippen LogP contribution in [-0.2, 0) is 13.1 Å². The number of rotatable bonds is 3. The summed E-state index contributed by atoms with van der Waals surface area (Å²) in [5.74, 6) is 1.30. The first-order chi connectivity index (χ1) is 10.1. The number of hydrogen-bond acceptors (Lipinski definition) is 2. The zero-order valence-electron chi connectivity index (χ0n) is 11.5. The van der Waals surface area contributed by atoms with Crippen molar-refractivity contribution >= 4 is 29.0 Å². The van der Waals surface area contributed by atoms with Crippen LogP contribution in [0.2, 0.25) is 10.0 Å². The summed E-state index contributed by atoms with van der Waals surface area (Å²) in [6.45, 7) is 1.27. The van der Waals surface area contributed by atoms with Crippen molar-refractivity contribution in [3.05, 3.63) is 63.1 Å². The molecule has 5 heteroatoms. The third kappa shape index (κ3) is 2.59. The fraction of sp³-hybridized carbons (Fsp3) is 0.188. The van der Waals surface area contributed by atoms with E-state index in [-0.39, 0.29) is 0 Å². The Morgan fingerprint density at radius 3 is 2.67 bits per heavy atom. The molecule has 0 saturated carbocycles. The molecule has 21 heavy (non-hydrogen) atoms. The molecule has 0 saturated heterocycles. The van der Waals surface area contributed by atoms with Crippen LogP contribution < -0.4 is 4.74 Å². The molecule has 2 aromatic carbocycles. The Kier molecular flexibility index (Phi) is 3.79. The number of amidine groups is 1. The van der Waals surface area contributed by atoms with E-state index in [1.807, 2.05) is 35.2 Å². The average molecular weight is 321 g/mol. The van der Waals surface area contributed by atoms with Crippen molar-refractivity contribution in [1.82, 2.24) is 4.90 Å². The monoisotopic (exact) mass is 320 g/mol. The summed E-state index contributed by atoms with van der Waals surface area (Å²) >= 11 is 12.1. The second-order valence-electron chi connectivity index (χ2n) is 4.94. The predicted octanol–water partition coefficient (Wildman–Crippen LogP) is 4.34. The molecular formula is C16H14Cl2N2O. The molecule has 2 aromatic rings. The molecule has 3 nitrogen and oxygen atoms in total. The first-order valence-corrected chi connectivity index (χ1v) is 7.29. The molecule has 1 aliphatic heterocycles. The van der Waals surface area contributed by atoms with E-state index in [4.69, 9.17) is 33.3 Å². The van der Waals surface area contributed by atoms with Crippen molar-refractivity contribution in [2.75, 3.05) is 7.11 Å². The summed E-state index contributed by atoms with van der Waals surface area (Å²) in [6.07, 6.45) is 0. The van der Waals surface area contributed by atoms with Gasteiger partial charge < -0.3 is 9.64 Å². The first kappa shape index (κ1) is 14.2. The molecule has 108 valence electrons. The van der Waals surface area contributed by atoms with E-state index in [1.54, 1.807) is 13.2 Å². The number of nitrogens with zero attached hydrogens (tertiary/aromatic N) is 1. The van der Waals surface area contributed by atoms with E-state index in [1.165, 1.54) is 0 Å². The van der Waals surface area contributed by atoms with Gasteiger partial charge >= 0.3 is 0 Å². The maximum absolute atomic E-state index is 8.32. The van der Waals surface area contributed by atoms with Crippen LogP contribution in [0.15, 0.2) is 36.4 Å². The Balaban J connectivity index is 1.88. The van der Waals surface area contributed by atoms with Gasteiger partial charge in [-0.2, -0.15) is 0 Å². The van der Waals surface area contributed by atoms with Gasteiger partial charge in [0, 0.05) is 24.2 Å². The molecule has 0 spiro atoms. The summed E-state index contributed by atoms with van der Waals surface area (Å²) < 4.78 is 5.37. The summed E-state index contributed by atoms with van der Waals surface area (Å²) in [4.78, 5) is 1.98. The van der Waals surface area contributed by atoms with Crippen molar-refractivity contribution in [3.8, 4) is 5.75 Å². The van der Waals surface area contributed by atoms with Gasteiger partial charge in [-0.3, -0.25) is 5.41 Å². The maximum Gasteiger partial charge on any atom is 0.129 e. The summed E-state index contributed by atoms with van der Waals surface area (Å²) in [5.41, 5.74) is 2.93. The highest BCUT2D eigenvalue weighted by Gasteiger charge is 2.26. The van der Waals surface area contributed by atoms with Gasteiger partial charge in [0.25, 0.3) is 0 Å². The molecule has 0 aliphatic carbocycles. The Morgan fingerprint density at radius 1 is 1.19 bits per heavy atom. The van der Waals surface area contributed by atoms with E-state index in [0.29, 0.717) is 29.0 Å². The van der Waals surface area contributed by atoms with Gasteiger partial charge in [0.1, 0.15) is 11.6 Å². The molecule has 3 rings (SSSR count). The van der Waals surface area contributed by atoms with E-state index < -0.39 is 0 Å². The fourth-order valence-corrected chi connectivity index (χ4v) is 2.92. The molecule has 0 aromatic heterocycles. The van der Waals surface area contributed by atoms with Crippen LogP contribution in [-0.4, -0.2) is 17.8 Å². The molecule has 1 N–H and O–H groups in total.